The summed E-state index contributed by atoms with van der Waals surface area (Å²) in [5, 5.41) is 0. The van der Waals surface area contributed by atoms with Crippen LogP contribution in [-0.2, 0) is 6.42 Å². The van der Waals surface area contributed by atoms with E-state index in [9.17, 15) is 13.2 Å². The van der Waals surface area contributed by atoms with Gasteiger partial charge in [-0.1, -0.05) is 6.07 Å². The molecule has 0 saturated carbocycles. The van der Waals surface area contributed by atoms with Crippen LogP contribution in [0.4, 0.5) is 13.2 Å². The smallest absolute Gasteiger partial charge is 0.143 e. The van der Waals surface area contributed by atoms with Gasteiger partial charge in [0.05, 0.1) is 4.47 Å². The summed E-state index contributed by atoms with van der Waals surface area (Å²) >= 11 is 3.01. The van der Waals surface area contributed by atoms with Gasteiger partial charge < -0.3 is 5.73 Å². The topological polar surface area (TPSA) is 26.0 Å². The van der Waals surface area contributed by atoms with Gasteiger partial charge in [-0.2, -0.15) is 0 Å². The predicted molar refractivity (Wildman–Crippen MR) is 75.8 cm³/mol. The molecule has 0 amide bonds. The molecule has 0 saturated heterocycles. The maximum atomic E-state index is 13.9. The van der Waals surface area contributed by atoms with Crippen molar-refractivity contribution in [2.45, 2.75) is 19.4 Å². The van der Waals surface area contributed by atoms with E-state index in [0.29, 0.717) is 11.1 Å². The van der Waals surface area contributed by atoms with Crippen LogP contribution < -0.4 is 5.73 Å². The molecule has 1 nitrogen and oxygen atoms in total. The summed E-state index contributed by atoms with van der Waals surface area (Å²) in [7, 11) is 0. The predicted octanol–water partition coefficient (Wildman–Crippen LogP) is 4.42. The minimum absolute atomic E-state index is 0.0417. The first-order valence-electron chi connectivity index (χ1n) is 6.03. The molecule has 0 spiro atoms. The Bertz CT molecular complexity index is 623. The van der Waals surface area contributed by atoms with Gasteiger partial charge in [0.25, 0.3) is 0 Å². The second-order valence-corrected chi connectivity index (χ2v) is 5.55. The van der Waals surface area contributed by atoms with Gasteiger partial charge in [-0.05, 0) is 64.7 Å². The minimum Gasteiger partial charge on any atom is -0.324 e. The zero-order valence-corrected chi connectivity index (χ0v) is 12.3. The summed E-state index contributed by atoms with van der Waals surface area (Å²) in [5.74, 6) is -1.74. The molecular weight excluding hydrogens is 331 g/mol. The Kier molecular flexibility index (Phi) is 4.50. The largest absolute Gasteiger partial charge is 0.324 e. The van der Waals surface area contributed by atoms with E-state index in [-0.39, 0.29) is 16.5 Å². The third-order valence-corrected chi connectivity index (χ3v) is 3.67. The first-order chi connectivity index (χ1) is 9.38. The van der Waals surface area contributed by atoms with Gasteiger partial charge in [-0.3, -0.25) is 0 Å². The van der Waals surface area contributed by atoms with E-state index in [1.165, 1.54) is 24.3 Å². The van der Waals surface area contributed by atoms with Crippen molar-refractivity contribution in [2.75, 3.05) is 0 Å². The lowest BCUT2D eigenvalue weighted by Gasteiger charge is -2.15. The van der Waals surface area contributed by atoms with E-state index in [4.69, 9.17) is 5.73 Å². The molecule has 0 aliphatic rings. The van der Waals surface area contributed by atoms with E-state index in [0.717, 1.165) is 0 Å². The molecule has 0 radical (unpaired) electrons. The normalized spacial score (nSPS) is 12.5. The van der Waals surface area contributed by atoms with Crippen molar-refractivity contribution >= 4 is 15.9 Å². The van der Waals surface area contributed by atoms with Crippen molar-refractivity contribution in [1.82, 2.24) is 0 Å². The standard InChI is InChI=1S/C15H13BrF3N/c1-8-4-9(6-10(17)5-8)14(20)7-11-13(18)3-2-12(16)15(11)19/h2-6,14H,7,20H2,1H3. The quantitative estimate of drug-likeness (QED) is 0.820. The molecule has 2 aromatic carbocycles. The van der Waals surface area contributed by atoms with E-state index < -0.39 is 23.5 Å². The highest BCUT2D eigenvalue weighted by Crippen LogP contribution is 2.26. The van der Waals surface area contributed by atoms with Crippen LogP contribution in [-0.4, -0.2) is 0 Å². The Hall–Kier alpha value is -1.33. The number of hydrogen-bond donors (Lipinski definition) is 1. The van der Waals surface area contributed by atoms with Crippen LogP contribution in [0.3, 0.4) is 0 Å². The zero-order chi connectivity index (χ0) is 14.9. The fraction of sp³-hybridized carbons (Fsp3) is 0.200. The second-order valence-electron chi connectivity index (χ2n) is 4.69. The fourth-order valence-electron chi connectivity index (χ4n) is 2.07. The van der Waals surface area contributed by atoms with E-state index in [1.54, 1.807) is 13.0 Å². The van der Waals surface area contributed by atoms with Gasteiger partial charge in [0, 0.05) is 11.6 Å². The van der Waals surface area contributed by atoms with Gasteiger partial charge in [0.1, 0.15) is 17.5 Å². The molecule has 0 aliphatic carbocycles. The first-order valence-corrected chi connectivity index (χ1v) is 6.83. The zero-order valence-electron chi connectivity index (χ0n) is 10.8. The molecule has 0 aliphatic heterocycles. The molecule has 106 valence electrons. The molecule has 5 heteroatoms. The molecular formula is C15H13BrF3N. The van der Waals surface area contributed by atoms with Crippen molar-refractivity contribution in [3.63, 3.8) is 0 Å². The molecule has 0 fully saturated rings. The monoisotopic (exact) mass is 343 g/mol. The van der Waals surface area contributed by atoms with E-state index >= 15 is 0 Å². The molecule has 0 aromatic heterocycles. The summed E-state index contributed by atoms with van der Waals surface area (Å²) in [6, 6.07) is 6.16. The number of hydrogen-bond acceptors (Lipinski definition) is 1. The molecule has 1 unspecified atom stereocenters. The third kappa shape index (κ3) is 3.22. The van der Waals surface area contributed by atoms with E-state index in [1.807, 2.05) is 0 Å². The Morgan fingerprint density at radius 2 is 1.85 bits per heavy atom. The molecule has 2 N–H and O–H groups in total. The van der Waals surface area contributed by atoms with Gasteiger partial charge in [-0.15, -0.1) is 0 Å². The molecule has 2 rings (SSSR count). The highest BCUT2D eigenvalue weighted by molar-refractivity contribution is 9.10. The van der Waals surface area contributed by atoms with Crippen LogP contribution in [0.2, 0.25) is 0 Å². The molecule has 20 heavy (non-hydrogen) atoms. The number of halogens is 4. The van der Waals surface area contributed by atoms with Crippen molar-refractivity contribution in [3.8, 4) is 0 Å². The second kappa shape index (κ2) is 5.97. The van der Waals surface area contributed by atoms with Crippen LogP contribution in [0.15, 0.2) is 34.8 Å². The van der Waals surface area contributed by atoms with Crippen LogP contribution in [0.1, 0.15) is 22.7 Å². The van der Waals surface area contributed by atoms with Crippen molar-refractivity contribution in [2.24, 2.45) is 5.73 Å². The van der Waals surface area contributed by atoms with Crippen LogP contribution >= 0.6 is 15.9 Å². The summed E-state index contributed by atoms with van der Waals surface area (Å²) < 4.78 is 41.1. The first kappa shape index (κ1) is 15.1. The molecule has 0 heterocycles. The van der Waals surface area contributed by atoms with Crippen LogP contribution in [0, 0.1) is 24.4 Å². The number of benzene rings is 2. The Morgan fingerprint density at radius 1 is 1.15 bits per heavy atom. The summed E-state index contributed by atoms with van der Waals surface area (Å²) in [4.78, 5) is 0. The lowest BCUT2D eigenvalue weighted by molar-refractivity contribution is 0.535. The average Bonchev–Trinajstić information content (AvgIpc) is 2.38. The van der Waals surface area contributed by atoms with Gasteiger partial charge in [-0.25, -0.2) is 13.2 Å². The lowest BCUT2D eigenvalue weighted by atomic mass is 9.97. The Morgan fingerprint density at radius 3 is 2.50 bits per heavy atom. The van der Waals surface area contributed by atoms with Crippen LogP contribution in [0.5, 0.6) is 0 Å². The van der Waals surface area contributed by atoms with Crippen molar-refractivity contribution < 1.29 is 13.2 Å². The maximum Gasteiger partial charge on any atom is 0.143 e. The van der Waals surface area contributed by atoms with Crippen molar-refractivity contribution in [3.05, 3.63) is 68.9 Å². The average molecular weight is 344 g/mol. The fourth-order valence-corrected chi connectivity index (χ4v) is 2.44. The molecule has 0 bridgehead atoms. The van der Waals surface area contributed by atoms with Gasteiger partial charge in [0.2, 0.25) is 0 Å². The third-order valence-electron chi connectivity index (χ3n) is 3.06. The Labute approximate surface area is 123 Å². The summed E-state index contributed by atoms with van der Waals surface area (Å²) in [6.45, 7) is 1.74. The Balaban J connectivity index is 2.32. The summed E-state index contributed by atoms with van der Waals surface area (Å²) in [6.07, 6.45) is -0.0417. The minimum atomic E-state index is -0.678. The maximum absolute atomic E-state index is 13.9. The van der Waals surface area contributed by atoms with E-state index in [2.05, 4.69) is 15.9 Å². The number of nitrogens with two attached hydrogens (primary N) is 1. The molecule has 1 atom stereocenters. The van der Waals surface area contributed by atoms with Gasteiger partial charge in [0.15, 0.2) is 0 Å². The lowest BCUT2D eigenvalue weighted by Crippen LogP contribution is -2.16. The van der Waals surface area contributed by atoms with Gasteiger partial charge >= 0.3 is 0 Å². The van der Waals surface area contributed by atoms with Crippen molar-refractivity contribution in [1.29, 1.82) is 0 Å². The molecule has 2 aromatic rings. The highest BCUT2D eigenvalue weighted by atomic mass is 79.9. The SMILES string of the molecule is Cc1cc(F)cc(C(N)Cc2c(F)ccc(Br)c2F)c1. The highest BCUT2D eigenvalue weighted by Gasteiger charge is 2.17. The number of aryl methyl sites for hydroxylation is 1. The number of rotatable bonds is 3. The summed E-state index contributed by atoms with van der Waals surface area (Å²) in [5.41, 5.74) is 7.06. The van der Waals surface area contributed by atoms with Crippen LogP contribution in [0.25, 0.3) is 0 Å².